The number of oxime groups is 1. The van der Waals surface area contributed by atoms with Gasteiger partial charge in [-0.1, -0.05) is 22.8 Å². The third kappa shape index (κ3) is 5.30. The molecule has 0 bridgehead atoms. The highest BCUT2D eigenvalue weighted by Gasteiger charge is 2.12. The first-order valence-electron chi connectivity index (χ1n) is 8.20. The van der Waals surface area contributed by atoms with Crippen LogP contribution >= 0.6 is 11.6 Å². The number of carbonyl (C=O) groups is 1. The highest BCUT2D eigenvalue weighted by Crippen LogP contribution is 2.30. The van der Waals surface area contributed by atoms with Crippen LogP contribution in [-0.2, 0) is 4.84 Å². The number of benzene rings is 1. The van der Waals surface area contributed by atoms with Crippen molar-refractivity contribution in [1.29, 1.82) is 0 Å². The third-order valence-corrected chi connectivity index (χ3v) is 3.79. The first-order valence-corrected chi connectivity index (χ1v) is 8.58. The number of nitrogens with zero attached hydrogens (tertiary/aromatic N) is 4. The second-order valence-electron chi connectivity index (χ2n) is 5.43. The molecule has 1 aromatic carbocycles. The Morgan fingerprint density at radius 2 is 2.07 bits per heavy atom. The van der Waals surface area contributed by atoms with Crippen molar-refractivity contribution in [2.24, 2.45) is 5.16 Å². The number of carbonyl (C=O) groups excluding carboxylic acids is 1. The molecule has 2 heterocycles. The van der Waals surface area contributed by atoms with Crippen molar-refractivity contribution in [2.75, 3.05) is 23.5 Å². The summed E-state index contributed by atoms with van der Waals surface area (Å²) in [6.45, 7) is 0. The normalized spacial score (nSPS) is 10.6. The minimum absolute atomic E-state index is 0.169. The predicted molar refractivity (Wildman–Crippen MR) is 109 cm³/mol. The molecule has 11 heteroatoms. The molecule has 0 aliphatic rings. The number of urea groups is 1. The van der Waals surface area contributed by atoms with E-state index >= 15 is 0 Å². The largest absolute Gasteiger partial charge is 0.438 e. The quantitative estimate of drug-likeness (QED) is 0.415. The van der Waals surface area contributed by atoms with Crippen molar-refractivity contribution in [3.8, 4) is 11.6 Å². The van der Waals surface area contributed by atoms with Crippen LogP contribution in [0.4, 0.5) is 22.1 Å². The van der Waals surface area contributed by atoms with Crippen LogP contribution in [0, 0.1) is 0 Å². The number of amides is 2. The van der Waals surface area contributed by atoms with E-state index < -0.39 is 6.03 Å². The highest BCUT2D eigenvalue weighted by molar-refractivity contribution is 6.34. The van der Waals surface area contributed by atoms with Crippen molar-refractivity contribution >= 4 is 41.2 Å². The lowest BCUT2D eigenvalue weighted by molar-refractivity contribution is 0.215. The summed E-state index contributed by atoms with van der Waals surface area (Å²) in [6.07, 6.45) is 4.17. The Balaban J connectivity index is 1.72. The molecule has 0 radical (unpaired) electrons. The zero-order valence-electron chi connectivity index (χ0n) is 15.2. The van der Waals surface area contributed by atoms with Gasteiger partial charge in [0.25, 0.3) is 0 Å². The second kappa shape index (κ2) is 9.33. The average Bonchev–Trinajstić information content (AvgIpc) is 2.70. The minimum Gasteiger partial charge on any atom is -0.438 e. The fraction of sp³-hybridized carbons (Fsp3) is 0.0556. The number of ether oxygens (including phenoxy) is 1. The molecule has 29 heavy (non-hydrogen) atoms. The summed E-state index contributed by atoms with van der Waals surface area (Å²) in [5.41, 5.74) is 6.56. The molecule has 4 N–H and O–H groups in total. The van der Waals surface area contributed by atoms with E-state index in [0.29, 0.717) is 22.8 Å². The van der Waals surface area contributed by atoms with Crippen LogP contribution in [0.25, 0.3) is 0 Å². The number of aromatic nitrogens is 3. The number of hydrogen-bond donors (Lipinski definition) is 3. The van der Waals surface area contributed by atoms with E-state index in [1.165, 1.54) is 25.7 Å². The van der Waals surface area contributed by atoms with Crippen LogP contribution in [0.3, 0.4) is 0 Å². The number of rotatable bonds is 6. The number of nitrogens with two attached hydrogens (primary N) is 1. The van der Waals surface area contributed by atoms with Crippen LogP contribution in [0.1, 0.15) is 5.56 Å². The monoisotopic (exact) mass is 413 g/mol. The smallest absolute Gasteiger partial charge is 0.324 e. The zero-order chi connectivity index (χ0) is 20.6. The number of hydrogen-bond acceptors (Lipinski definition) is 8. The molecule has 3 rings (SSSR count). The first-order chi connectivity index (χ1) is 14.1. The van der Waals surface area contributed by atoms with Gasteiger partial charge in [-0.05, 0) is 24.3 Å². The summed E-state index contributed by atoms with van der Waals surface area (Å²) < 4.78 is 5.72. The molecule has 2 amide bonds. The maximum absolute atomic E-state index is 12.1. The zero-order valence-corrected chi connectivity index (χ0v) is 15.9. The van der Waals surface area contributed by atoms with E-state index in [9.17, 15) is 4.79 Å². The molecule has 10 nitrogen and oxygen atoms in total. The Morgan fingerprint density at radius 3 is 2.79 bits per heavy atom. The molecule has 148 valence electrons. The molecule has 0 unspecified atom stereocenters. The number of nitrogen functional groups attached to an aromatic ring is 1. The van der Waals surface area contributed by atoms with Gasteiger partial charge in [-0.3, -0.25) is 5.32 Å². The molecule has 2 aromatic heterocycles. The lowest BCUT2D eigenvalue weighted by atomic mass is 10.3. The minimum atomic E-state index is -0.485. The van der Waals surface area contributed by atoms with Crippen molar-refractivity contribution < 1.29 is 14.4 Å². The molecule has 0 aliphatic carbocycles. The molecular formula is C18H16ClN7O3. The summed E-state index contributed by atoms with van der Waals surface area (Å²) in [5.74, 6) is 1.12. The average molecular weight is 414 g/mol. The lowest BCUT2D eigenvalue weighted by Gasteiger charge is -2.11. The SMILES string of the molecule is CO/N=C/c1c(N)ncnc1Oc1ccc(NC(=O)Nc2ccccn2)c(Cl)c1. The fourth-order valence-corrected chi connectivity index (χ4v) is 2.40. The molecule has 0 atom stereocenters. The van der Waals surface area contributed by atoms with E-state index in [2.05, 4.69) is 35.6 Å². The summed E-state index contributed by atoms with van der Waals surface area (Å²) in [5, 5.41) is 9.14. The Labute approximate surface area is 170 Å². The van der Waals surface area contributed by atoms with Crippen LogP contribution in [-0.4, -0.2) is 34.3 Å². The van der Waals surface area contributed by atoms with Crippen LogP contribution in [0.5, 0.6) is 11.6 Å². The Hall–Kier alpha value is -3.92. The van der Waals surface area contributed by atoms with Gasteiger partial charge >= 0.3 is 6.03 Å². The maximum Gasteiger partial charge on any atom is 0.324 e. The molecule has 0 saturated carbocycles. The summed E-state index contributed by atoms with van der Waals surface area (Å²) in [6, 6.07) is 9.40. The lowest BCUT2D eigenvalue weighted by Crippen LogP contribution is -2.20. The standard InChI is InChI=1S/C18H16ClN7O3/c1-28-24-9-12-16(20)22-10-23-17(12)29-11-5-6-14(13(19)8-11)25-18(27)26-15-4-2-3-7-21-15/h2-10H,1H3,(H2,20,22,23)(H2,21,25,26,27)/b24-9+. The van der Waals surface area contributed by atoms with Gasteiger partial charge in [-0.2, -0.15) is 0 Å². The maximum atomic E-state index is 12.1. The summed E-state index contributed by atoms with van der Waals surface area (Å²) in [4.78, 5) is 28.7. The highest BCUT2D eigenvalue weighted by atomic mass is 35.5. The van der Waals surface area contributed by atoms with Gasteiger partial charge in [0.05, 0.1) is 16.9 Å². The Bertz CT molecular complexity index is 1030. The first kappa shape index (κ1) is 19.8. The summed E-state index contributed by atoms with van der Waals surface area (Å²) >= 11 is 6.26. The van der Waals surface area contributed by atoms with Gasteiger partial charge < -0.3 is 20.6 Å². The van der Waals surface area contributed by atoms with E-state index in [0.717, 1.165) is 0 Å². The van der Waals surface area contributed by atoms with E-state index in [4.69, 9.17) is 22.1 Å². The second-order valence-corrected chi connectivity index (χ2v) is 5.84. The topological polar surface area (TPSA) is 137 Å². The molecule has 0 saturated heterocycles. The number of anilines is 3. The van der Waals surface area contributed by atoms with Gasteiger partial charge in [-0.15, -0.1) is 0 Å². The number of nitrogens with one attached hydrogen (secondary N) is 2. The van der Waals surface area contributed by atoms with Crippen LogP contribution in [0.2, 0.25) is 5.02 Å². The molecule has 0 aliphatic heterocycles. The Morgan fingerprint density at radius 1 is 1.21 bits per heavy atom. The van der Waals surface area contributed by atoms with Crippen molar-refractivity contribution in [2.45, 2.75) is 0 Å². The van der Waals surface area contributed by atoms with Crippen LogP contribution in [0.15, 0.2) is 54.1 Å². The van der Waals surface area contributed by atoms with Crippen molar-refractivity contribution in [1.82, 2.24) is 15.0 Å². The van der Waals surface area contributed by atoms with E-state index in [1.807, 2.05) is 0 Å². The fourth-order valence-electron chi connectivity index (χ4n) is 2.18. The van der Waals surface area contributed by atoms with E-state index in [-0.39, 0.29) is 16.7 Å². The van der Waals surface area contributed by atoms with Gasteiger partial charge in [0.1, 0.15) is 36.4 Å². The van der Waals surface area contributed by atoms with Gasteiger partial charge in [0.2, 0.25) is 5.88 Å². The van der Waals surface area contributed by atoms with Crippen LogP contribution < -0.4 is 21.1 Å². The third-order valence-electron chi connectivity index (χ3n) is 3.48. The Kier molecular flexibility index (Phi) is 6.38. The molecule has 3 aromatic rings. The number of halogens is 1. The van der Waals surface area contributed by atoms with Crippen molar-refractivity contribution in [3.05, 3.63) is 59.5 Å². The number of pyridine rings is 1. The van der Waals surface area contributed by atoms with Gasteiger partial charge in [0, 0.05) is 12.3 Å². The molecule has 0 spiro atoms. The van der Waals surface area contributed by atoms with Gasteiger partial charge in [-0.25, -0.2) is 19.7 Å². The molecular weight excluding hydrogens is 398 g/mol. The molecule has 0 fully saturated rings. The predicted octanol–water partition coefficient (Wildman–Crippen LogP) is 3.52. The summed E-state index contributed by atoms with van der Waals surface area (Å²) in [7, 11) is 1.40. The van der Waals surface area contributed by atoms with Crippen molar-refractivity contribution in [3.63, 3.8) is 0 Å². The van der Waals surface area contributed by atoms with Gasteiger partial charge in [0.15, 0.2) is 0 Å². The van der Waals surface area contributed by atoms with E-state index in [1.54, 1.807) is 36.5 Å².